The molecule has 0 unspecified atom stereocenters. The molecule has 0 radical (unpaired) electrons. The van der Waals surface area contributed by atoms with Crippen LogP contribution in [0, 0.1) is 23.7 Å². The van der Waals surface area contributed by atoms with Gasteiger partial charge in [-0.15, -0.1) is 0 Å². The second-order valence-electron chi connectivity index (χ2n) is 18.5. The van der Waals surface area contributed by atoms with Gasteiger partial charge in [0.25, 0.3) is 0 Å². The van der Waals surface area contributed by atoms with Crippen LogP contribution in [0.3, 0.4) is 0 Å². The lowest BCUT2D eigenvalue weighted by Crippen LogP contribution is -2.05. The second kappa shape index (κ2) is 24.8. The van der Waals surface area contributed by atoms with Gasteiger partial charge in [0, 0.05) is 69.9 Å². The molecule has 11 rings (SSSR count). The number of aromatic nitrogens is 2. The van der Waals surface area contributed by atoms with Crippen LogP contribution in [0.5, 0.6) is 34.5 Å². The van der Waals surface area contributed by atoms with Crippen LogP contribution < -0.4 is 28.4 Å². The van der Waals surface area contributed by atoms with E-state index in [2.05, 4.69) is 57.9 Å². The van der Waals surface area contributed by atoms with Gasteiger partial charge < -0.3 is 28.4 Å². The van der Waals surface area contributed by atoms with Crippen molar-refractivity contribution < 1.29 is 28.4 Å². The molecular weight excluding hydrogens is 965 g/mol. The van der Waals surface area contributed by atoms with E-state index in [-0.39, 0.29) is 13.2 Å². The first kappa shape index (κ1) is 49.9. The minimum atomic E-state index is 0.153. The summed E-state index contributed by atoms with van der Waals surface area (Å²) in [7, 11) is 0. The van der Waals surface area contributed by atoms with Crippen molar-refractivity contribution in [1.82, 2.24) is 9.97 Å². The summed E-state index contributed by atoms with van der Waals surface area (Å²) in [5.74, 6) is 17.1. The number of hydrogen-bond acceptors (Lipinski definition) is 8. The molecule has 11 aromatic rings. The van der Waals surface area contributed by atoms with Crippen molar-refractivity contribution in [2.75, 3.05) is 0 Å². The average Bonchev–Trinajstić information content (AvgIpc) is 3.67. The highest BCUT2D eigenvalue weighted by atomic mass is 16.5. The maximum Gasteiger partial charge on any atom is 0.170 e. The zero-order valence-electron chi connectivity index (χ0n) is 42.7. The normalized spacial score (nSPS) is 10.7. The standard InChI is InChI=1S/C70H52N2O6/c1-5-13-55(14-6-1)45-73-61-37-59(38-62(43-61)74-46-56-15-7-2-8-16-56)49-77-69-65-27-25-53(23-21-51-29-33-71-34-30-51)41-67(65)68-42-54(24-22-52-31-35-72-36-32-52)26-28-66(68)70(69)78-50-60-39-63(75-47-57-17-9-3-10-18-57)44-64(40-60)76-48-58-19-11-4-12-20-58/h1-20,25-44H,45-50H2. The van der Waals surface area contributed by atoms with Gasteiger partial charge in [0.15, 0.2) is 11.5 Å². The number of benzene rings is 9. The molecule has 0 fully saturated rings. The first-order valence-electron chi connectivity index (χ1n) is 25.7. The average molecular weight is 1020 g/mol. The monoisotopic (exact) mass is 1020 g/mol. The van der Waals surface area contributed by atoms with Crippen LogP contribution in [0.2, 0.25) is 0 Å². The molecule has 0 amide bonds. The molecule has 78 heavy (non-hydrogen) atoms. The highest BCUT2D eigenvalue weighted by Gasteiger charge is 2.20. The molecule has 8 heteroatoms. The van der Waals surface area contributed by atoms with Gasteiger partial charge in [-0.3, -0.25) is 9.97 Å². The highest BCUT2D eigenvalue weighted by Crippen LogP contribution is 2.45. The predicted molar refractivity (Wildman–Crippen MR) is 307 cm³/mol. The summed E-state index contributed by atoms with van der Waals surface area (Å²) in [4.78, 5) is 8.35. The summed E-state index contributed by atoms with van der Waals surface area (Å²) in [6, 6.07) is 72.2. The third-order valence-electron chi connectivity index (χ3n) is 12.7. The van der Waals surface area contributed by atoms with Crippen LogP contribution in [0.4, 0.5) is 0 Å². The molecule has 0 bridgehead atoms. The number of nitrogens with zero attached hydrogens (tertiary/aromatic N) is 2. The van der Waals surface area contributed by atoms with Gasteiger partial charge in [0.1, 0.15) is 62.6 Å². The van der Waals surface area contributed by atoms with Crippen molar-refractivity contribution in [3.8, 4) is 58.2 Å². The van der Waals surface area contributed by atoms with Crippen molar-refractivity contribution in [2.24, 2.45) is 0 Å². The number of pyridine rings is 2. The molecule has 0 spiro atoms. The van der Waals surface area contributed by atoms with E-state index in [0.29, 0.717) is 60.9 Å². The predicted octanol–water partition coefficient (Wildman–Crippen LogP) is 15.1. The lowest BCUT2D eigenvalue weighted by atomic mass is 9.96. The van der Waals surface area contributed by atoms with E-state index in [4.69, 9.17) is 28.4 Å². The smallest absolute Gasteiger partial charge is 0.170 e. The molecule has 0 saturated carbocycles. The van der Waals surface area contributed by atoms with Crippen LogP contribution in [0.25, 0.3) is 21.5 Å². The van der Waals surface area contributed by atoms with Crippen molar-refractivity contribution in [3.63, 3.8) is 0 Å². The summed E-state index contributed by atoms with van der Waals surface area (Å²) in [6.07, 6.45) is 6.97. The first-order chi connectivity index (χ1) is 38.6. The molecule has 378 valence electrons. The van der Waals surface area contributed by atoms with E-state index in [9.17, 15) is 0 Å². The third kappa shape index (κ3) is 13.3. The van der Waals surface area contributed by atoms with Crippen molar-refractivity contribution in [1.29, 1.82) is 0 Å². The molecule has 0 N–H and O–H groups in total. The maximum absolute atomic E-state index is 7.13. The molecule has 8 nitrogen and oxygen atoms in total. The lowest BCUT2D eigenvalue weighted by molar-refractivity contribution is 0.256. The van der Waals surface area contributed by atoms with Crippen LogP contribution in [-0.4, -0.2) is 9.97 Å². The Morgan fingerprint density at radius 2 is 0.538 bits per heavy atom. The lowest BCUT2D eigenvalue weighted by Gasteiger charge is -2.20. The first-order valence-corrected chi connectivity index (χ1v) is 25.7. The SMILES string of the molecule is C(#Cc1ccc2c(OCc3cc(OCc4ccccc4)cc(OCc4ccccc4)c3)c(OCc3cc(OCc4ccccc4)cc(OCc4ccccc4)c3)c3ccc(C#Cc4ccncc4)cc3c2c1)c1ccncc1. The van der Waals surface area contributed by atoms with Gasteiger partial charge >= 0.3 is 0 Å². The molecule has 0 aliphatic rings. The summed E-state index contributed by atoms with van der Waals surface area (Å²) in [5.41, 5.74) is 9.26. The zero-order valence-corrected chi connectivity index (χ0v) is 42.7. The minimum absolute atomic E-state index is 0.153. The van der Waals surface area contributed by atoms with E-state index in [1.54, 1.807) is 24.8 Å². The highest BCUT2D eigenvalue weighted by molar-refractivity contribution is 6.14. The summed E-state index contributed by atoms with van der Waals surface area (Å²) >= 11 is 0. The Balaban J connectivity index is 1.01. The maximum atomic E-state index is 7.13. The van der Waals surface area contributed by atoms with Gasteiger partial charge in [-0.05, 0) is 129 Å². The Bertz CT molecular complexity index is 3530. The summed E-state index contributed by atoms with van der Waals surface area (Å²) in [6.45, 7) is 1.84. The molecule has 0 saturated heterocycles. The Morgan fingerprint density at radius 3 is 0.859 bits per heavy atom. The molecule has 2 aromatic heterocycles. The third-order valence-corrected chi connectivity index (χ3v) is 12.7. The van der Waals surface area contributed by atoms with Crippen molar-refractivity contribution >= 4 is 21.5 Å². The fraction of sp³-hybridized carbons (Fsp3) is 0.0857. The van der Waals surface area contributed by atoms with E-state index < -0.39 is 0 Å². The number of fused-ring (bicyclic) bond motifs is 3. The van der Waals surface area contributed by atoms with Crippen molar-refractivity contribution in [2.45, 2.75) is 39.6 Å². The van der Waals surface area contributed by atoms with Crippen LogP contribution in [0.15, 0.2) is 243 Å². The Hall–Kier alpha value is -10.3. The van der Waals surface area contributed by atoms with Gasteiger partial charge in [0.05, 0.1) is 0 Å². The van der Waals surface area contributed by atoms with Gasteiger partial charge in [-0.25, -0.2) is 0 Å². The number of hydrogen-bond donors (Lipinski definition) is 0. The van der Waals surface area contributed by atoms with Crippen LogP contribution >= 0.6 is 0 Å². The van der Waals surface area contributed by atoms with Gasteiger partial charge in [-0.1, -0.05) is 145 Å². The molecule has 0 aliphatic heterocycles. The van der Waals surface area contributed by atoms with E-state index in [1.165, 1.54) is 0 Å². The zero-order chi connectivity index (χ0) is 52.6. The molecule has 0 atom stereocenters. The second-order valence-corrected chi connectivity index (χ2v) is 18.5. The Kier molecular flexibility index (Phi) is 15.9. The quantitative estimate of drug-likeness (QED) is 0.0621. The molecule has 0 aliphatic carbocycles. The number of rotatable bonds is 18. The fourth-order valence-electron chi connectivity index (χ4n) is 8.81. The van der Waals surface area contributed by atoms with Gasteiger partial charge in [-0.2, -0.15) is 0 Å². The van der Waals surface area contributed by atoms with E-state index >= 15 is 0 Å². The minimum Gasteiger partial charge on any atom is -0.489 e. The Labute approximate surface area is 454 Å². The van der Waals surface area contributed by atoms with Crippen LogP contribution in [0.1, 0.15) is 55.6 Å². The fourth-order valence-corrected chi connectivity index (χ4v) is 8.81. The van der Waals surface area contributed by atoms with Gasteiger partial charge in [0.2, 0.25) is 0 Å². The molecular formula is C70H52N2O6. The summed E-state index contributed by atoms with van der Waals surface area (Å²) in [5, 5.41) is 3.49. The van der Waals surface area contributed by atoms with Crippen molar-refractivity contribution in [3.05, 3.63) is 299 Å². The van der Waals surface area contributed by atoms with E-state index in [0.717, 1.165) is 77.2 Å². The largest absolute Gasteiger partial charge is 0.489 e. The molecule has 2 heterocycles. The Morgan fingerprint density at radius 1 is 0.244 bits per heavy atom. The van der Waals surface area contributed by atoms with Crippen LogP contribution in [-0.2, 0) is 39.6 Å². The number of ether oxygens (including phenoxy) is 6. The summed E-state index contributed by atoms with van der Waals surface area (Å²) < 4.78 is 40.0. The van der Waals surface area contributed by atoms with E-state index in [1.807, 2.05) is 194 Å². The molecule has 9 aromatic carbocycles. The topological polar surface area (TPSA) is 81.2 Å².